The van der Waals surface area contributed by atoms with Crippen LogP contribution in [0.1, 0.15) is 5.56 Å². The zero-order chi connectivity index (χ0) is 19.0. The van der Waals surface area contributed by atoms with Crippen molar-refractivity contribution in [2.45, 2.75) is 0 Å². The van der Waals surface area contributed by atoms with Crippen LogP contribution in [0.15, 0.2) is 41.2 Å². The molecule has 0 amide bonds. The van der Waals surface area contributed by atoms with Gasteiger partial charge in [0.05, 0.1) is 26.2 Å². The number of ether oxygens (including phenoxy) is 2. The lowest BCUT2D eigenvalue weighted by Gasteiger charge is -2.11. The molecule has 0 unspecified atom stereocenters. The molecule has 7 heteroatoms. The van der Waals surface area contributed by atoms with E-state index in [0.717, 1.165) is 20.2 Å². The number of hydrogen-bond acceptors (Lipinski definition) is 5. The van der Waals surface area contributed by atoms with Gasteiger partial charge in [0.25, 0.3) is 5.56 Å². The topological polar surface area (TPSA) is 52.8 Å². The monoisotopic (exact) mass is 488 g/mol. The van der Waals surface area contributed by atoms with Crippen LogP contribution in [0.3, 0.4) is 0 Å². The number of imidazole rings is 1. The van der Waals surface area contributed by atoms with Crippen molar-refractivity contribution in [3.05, 3.63) is 60.4 Å². The number of terminal acetylenes is 1. The first-order chi connectivity index (χ1) is 13.1. The average Bonchev–Trinajstić information content (AvgIpc) is 3.17. The molecule has 0 atom stereocenters. The van der Waals surface area contributed by atoms with Gasteiger partial charge in [0.15, 0.2) is 16.5 Å². The van der Waals surface area contributed by atoms with Gasteiger partial charge >= 0.3 is 0 Å². The fraction of sp³-hybridized carbons (Fsp3) is 0.100. The van der Waals surface area contributed by atoms with Gasteiger partial charge in [0.1, 0.15) is 6.61 Å². The third-order valence-corrected chi connectivity index (χ3v) is 5.76. The summed E-state index contributed by atoms with van der Waals surface area (Å²) >= 11 is 3.53. The van der Waals surface area contributed by atoms with E-state index in [0.29, 0.717) is 21.0 Å². The van der Waals surface area contributed by atoms with Crippen LogP contribution in [0.2, 0.25) is 0 Å². The van der Waals surface area contributed by atoms with Crippen molar-refractivity contribution < 1.29 is 9.47 Å². The van der Waals surface area contributed by atoms with Gasteiger partial charge in [0.2, 0.25) is 0 Å². The van der Waals surface area contributed by atoms with Crippen molar-refractivity contribution in [3.63, 3.8) is 0 Å². The molecule has 0 bridgehead atoms. The number of para-hydroxylation sites is 2. The summed E-state index contributed by atoms with van der Waals surface area (Å²) in [4.78, 5) is 18.1. The van der Waals surface area contributed by atoms with Gasteiger partial charge in [-0.3, -0.25) is 4.79 Å². The lowest BCUT2D eigenvalue weighted by molar-refractivity contribution is 0.328. The van der Waals surface area contributed by atoms with E-state index in [1.165, 1.54) is 11.3 Å². The van der Waals surface area contributed by atoms with Crippen molar-refractivity contribution in [2.24, 2.45) is 0 Å². The van der Waals surface area contributed by atoms with E-state index in [2.05, 4.69) is 33.5 Å². The first kappa shape index (κ1) is 17.8. The van der Waals surface area contributed by atoms with Crippen LogP contribution in [-0.2, 0) is 0 Å². The van der Waals surface area contributed by atoms with Crippen LogP contribution < -0.4 is 19.6 Å². The maximum Gasteiger partial charge on any atom is 0.274 e. The van der Waals surface area contributed by atoms with Crippen LogP contribution in [0.5, 0.6) is 11.5 Å². The second kappa shape index (κ2) is 7.21. The maximum absolute atomic E-state index is 12.9. The van der Waals surface area contributed by atoms with E-state index < -0.39 is 0 Å². The number of fused-ring (bicyclic) bond motifs is 3. The molecule has 2 aromatic carbocycles. The Morgan fingerprint density at radius 2 is 2.19 bits per heavy atom. The summed E-state index contributed by atoms with van der Waals surface area (Å²) in [5.74, 6) is 3.62. The Balaban J connectivity index is 1.86. The zero-order valence-corrected chi connectivity index (χ0v) is 17.2. The Hall–Kier alpha value is -2.57. The SMILES string of the molecule is C#CCOc1c(I)cc(C=c2sc3nc4ccccc4n3c2=O)cc1OC. The maximum atomic E-state index is 12.9. The molecule has 2 heterocycles. The summed E-state index contributed by atoms with van der Waals surface area (Å²) in [5.41, 5.74) is 2.40. The van der Waals surface area contributed by atoms with Crippen LogP contribution in [0, 0.1) is 15.9 Å². The summed E-state index contributed by atoms with van der Waals surface area (Å²) in [5, 5.41) is 0. The first-order valence-corrected chi connectivity index (χ1v) is 9.87. The lowest BCUT2D eigenvalue weighted by Crippen LogP contribution is -2.22. The van der Waals surface area contributed by atoms with E-state index >= 15 is 0 Å². The van der Waals surface area contributed by atoms with Gasteiger partial charge in [-0.1, -0.05) is 29.4 Å². The predicted molar refractivity (Wildman–Crippen MR) is 116 cm³/mol. The lowest BCUT2D eigenvalue weighted by atomic mass is 10.2. The van der Waals surface area contributed by atoms with Gasteiger partial charge in [-0.2, -0.15) is 0 Å². The molecule has 2 aromatic heterocycles. The molecule has 134 valence electrons. The standard InChI is InChI=1S/C20H13IN2O3S/c1-3-8-26-18-13(21)9-12(10-16(18)25-2)11-17-19(24)23-15-7-5-4-6-14(15)22-20(23)27-17/h1,4-7,9-11H,8H2,2H3. The molecular formula is C20H13IN2O3S. The van der Waals surface area contributed by atoms with E-state index in [9.17, 15) is 4.79 Å². The Bertz CT molecular complexity index is 1320. The molecule has 4 rings (SSSR count). The van der Waals surface area contributed by atoms with Gasteiger partial charge in [-0.25, -0.2) is 9.38 Å². The van der Waals surface area contributed by atoms with E-state index in [4.69, 9.17) is 15.9 Å². The van der Waals surface area contributed by atoms with Crippen molar-refractivity contribution >= 4 is 56.0 Å². The molecule has 27 heavy (non-hydrogen) atoms. The number of hydrogen-bond donors (Lipinski definition) is 0. The van der Waals surface area contributed by atoms with Crippen molar-refractivity contribution in [1.29, 1.82) is 0 Å². The van der Waals surface area contributed by atoms with Crippen LogP contribution >= 0.6 is 33.9 Å². The Kier molecular flexibility index (Phi) is 4.76. The van der Waals surface area contributed by atoms with Crippen molar-refractivity contribution in [1.82, 2.24) is 9.38 Å². The highest BCUT2D eigenvalue weighted by atomic mass is 127. The molecule has 4 aromatic rings. The molecule has 0 aliphatic carbocycles. The minimum absolute atomic E-state index is 0.0784. The molecule has 0 N–H and O–H groups in total. The van der Waals surface area contributed by atoms with Gasteiger partial charge in [-0.15, -0.1) is 6.42 Å². The summed E-state index contributed by atoms with van der Waals surface area (Å²) in [6, 6.07) is 11.4. The normalized spacial score (nSPS) is 11.8. The predicted octanol–water partition coefficient (Wildman–Crippen LogP) is 3.08. The van der Waals surface area contributed by atoms with Gasteiger partial charge < -0.3 is 9.47 Å². The first-order valence-electron chi connectivity index (χ1n) is 7.98. The molecule has 0 aliphatic rings. The Labute approximate surface area is 172 Å². The minimum atomic E-state index is -0.0784. The molecule has 0 fully saturated rings. The number of nitrogens with zero attached hydrogens (tertiary/aromatic N) is 2. The highest BCUT2D eigenvalue weighted by Gasteiger charge is 2.13. The Morgan fingerprint density at radius 3 is 2.96 bits per heavy atom. The smallest absolute Gasteiger partial charge is 0.274 e. The van der Waals surface area contributed by atoms with E-state index in [-0.39, 0.29) is 12.2 Å². The largest absolute Gasteiger partial charge is 0.493 e. The molecule has 0 spiro atoms. The summed E-state index contributed by atoms with van der Waals surface area (Å²) in [6.07, 6.45) is 7.11. The zero-order valence-electron chi connectivity index (χ0n) is 14.2. The van der Waals surface area contributed by atoms with Gasteiger partial charge in [0, 0.05) is 0 Å². The number of thiazole rings is 1. The second-order valence-corrected chi connectivity index (χ2v) is 7.83. The fourth-order valence-corrected chi connectivity index (χ4v) is 4.61. The molecule has 0 aliphatic heterocycles. The van der Waals surface area contributed by atoms with Crippen molar-refractivity contribution in [2.75, 3.05) is 13.7 Å². The highest BCUT2D eigenvalue weighted by molar-refractivity contribution is 14.1. The second-order valence-electron chi connectivity index (χ2n) is 5.66. The highest BCUT2D eigenvalue weighted by Crippen LogP contribution is 2.34. The van der Waals surface area contributed by atoms with Gasteiger partial charge in [-0.05, 0) is 58.5 Å². The van der Waals surface area contributed by atoms with E-state index in [1.807, 2.05) is 42.5 Å². The third-order valence-electron chi connectivity index (χ3n) is 3.99. The molecular weight excluding hydrogens is 475 g/mol. The number of benzene rings is 2. The molecule has 0 saturated carbocycles. The van der Waals surface area contributed by atoms with Crippen LogP contribution in [0.4, 0.5) is 0 Å². The molecule has 5 nitrogen and oxygen atoms in total. The quantitative estimate of drug-likeness (QED) is 0.328. The fourth-order valence-electron chi connectivity index (χ4n) is 2.84. The van der Waals surface area contributed by atoms with Crippen molar-refractivity contribution in [3.8, 4) is 23.8 Å². The summed E-state index contributed by atoms with van der Waals surface area (Å²) in [6.45, 7) is 0.162. The number of rotatable bonds is 4. The molecule has 0 saturated heterocycles. The number of aromatic nitrogens is 2. The minimum Gasteiger partial charge on any atom is -0.493 e. The number of halogens is 1. The van der Waals surface area contributed by atoms with Crippen LogP contribution in [0.25, 0.3) is 22.1 Å². The third kappa shape index (κ3) is 3.15. The summed E-state index contributed by atoms with van der Waals surface area (Å²) < 4.78 is 14.1. The number of methoxy groups -OCH3 is 1. The Morgan fingerprint density at radius 1 is 1.37 bits per heavy atom. The summed E-state index contributed by atoms with van der Waals surface area (Å²) in [7, 11) is 1.57. The van der Waals surface area contributed by atoms with Crippen LogP contribution in [-0.4, -0.2) is 23.1 Å². The average molecular weight is 488 g/mol. The van der Waals surface area contributed by atoms with E-state index in [1.54, 1.807) is 11.5 Å². The molecule has 0 radical (unpaired) electrons.